The zero-order chi connectivity index (χ0) is 11.5. The van der Waals surface area contributed by atoms with Gasteiger partial charge in [-0.3, -0.25) is 4.79 Å². The summed E-state index contributed by atoms with van der Waals surface area (Å²) in [6.07, 6.45) is 0.113. The Kier molecular flexibility index (Phi) is 4.10. The van der Waals surface area contributed by atoms with E-state index in [1.165, 1.54) is 11.3 Å². The molecular weight excluding hydrogens is 238 g/mol. The van der Waals surface area contributed by atoms with E-state index in [0.29, 0.717) is 9.21 Å². The van der Waals surface area contributed by atoms with Gasteiger partial charge in [0.1, 0.15) is 0 Å². The Morgan fingerprint density at radius 1 is 1.60 bits per heavy atom. The summed E-state index contributed by atoms with van der Waals surface area (Å²) in [4.78, 5) is 11.1. The van der Waals surface area contributed by atoms with Gasteiger partial charge in [-0.2, -0.15) is 0 Å². The van der Waals surface area contributed by atoms with Crippen LogP contribution in [-0.4, -0.2) is 22.8 Å². The van der Waals surface area contributed by atoms with E-state index in [2.05, 4.69) is 0 Å². The molecule has 6 heteroatoms. The zero-order valence-electron chi connectivity index (χ0n) is 7.94. The Balaban J connectivity index is 2.80. The summed E-state index contributed by atoms with van der Waals surface area (Å²) in [7, 11) is 0. The molecule has 1 aromatic heterocycles. The molecule has 0 bridgehead atoms. The van der Waals surface area contributed by atoms with Gasteiger partial charge in [-0.05, 0) is 18.6 Å². The second kappa shape index (κ2) is 4.94. The predicted octanol–water partition coefficient (Wildman–Crippen LogP) is 1.41. The molecule has 1 heterocycles. The van der Waals surface area contributed by atoms with Crippen molar-refractivity contribution in [2.24, 2.45) is 5.73 Å². The van der Waals surface area contributed by atoms with Crippen LogP contribution in [0.5, 0.6) is 0 Å². The number of nitrogens with two attached hydrogens (primary N) is 1. The van der Waals surface area contributed by atoms with Crippen molar-refractivity contribution in [1.29, 1.82) is 0 Å². The first-order valence-corrected chi connectivity index (χ1v) is 5.55. The summed E-state index contributed by atoms with van der Waals surface area (Å²) in [5.41, 5.74) is 4.91. The normalized spacial score (nSPS) is 14.9. The lowest BCUT2D eigenvalue weighted by molar-refractivity contribution is -0.137. The molecule has 1 atom stereocenters. The van der Waals surface area contributed by atoms with Crippen LogP contribution in [0.1, 0.15) is 17.7 Å². The Labute approximate surface area is 96.3 Å². The molecule has 0 fully saturated rings. The second-order valence-corrected chi connectivity index (χ2v) is 5.03. The van der Waals surface area contributed by atoms with Crippen molar-refractivity contribution in [3.63, 3.8) is 0 Å². The molecule has 4 nitrogen and oxygen atoms in total. The fourth-order valence-electron chi connectivity index (χ4n) is 1.19. The van der Waals surface area contributed by atoms with Crippen LogP contribution >= 0.6 is 22.9 Å². The predicted molar refractivity (Wildman–Crippen MR) is 59.2 cm³/mol. The van der Waals surface area contributed by atoms with Gasteiger partial charge < -0.3 is 15.9 Å². The maximum atomic E-state index is 10.4. The zero-order valence-corrected chi connectivity index (χ0v) is 9.51. The van der Waals surface area contributed by atoms with Crippen molar-refractivity contribution in [2.75, 3.05) is 6.61 Å². The highest BCUT2D eigenvalue weighted by Crippen LogP contribution is 2.32. The van der Waals surface area contributed by atoms with Crippen molar-refractivity contribution < 1.29 is 15.0 Å². The van der Waals surface area contributed by atoms with Crippen molar-refractivity contribution in [2.45, 2.75) is 18.4 Å². The number of aliphatic hydroxyl groups excluding tert-OH is 1. The van der Waals surface area contributed by atoms with E-state index in [4.69, 9.17) is 22.4 Å². The molecular formula is C9H12ClNO3S. The highest BCUT2D eigenvalue weighted by molar-refractivity contribution is 7.16. The van der Waals surface area contributed by atoms with E-state index in [9.17, 15) is 9.90 Å². The minimum Gasteiger partial charge on any atom is -0.481 e. The summed E-state index contributed by atoms with van der Waals surface area (Å²) in [6, 6.07) is 3.39. The van der Waals surface area contributed by atoms with E-state index in [-0.39, 0.29) is 19.4 Å². The minimum atomic E-state index is -1.00. The number of aliphatic hydroxyl groups is 1. The lowest BCUT2D eigenvalue weighted by Crippen LogP contribution is -2.40. The third-order valence-electron chi connectivity index (χ3n) is 2.13. The highest BCUT2D eigenvalue weighted by atomic mass is 35.5. The van der Waals surface area contributed by atoms with Gasteiger partial charge in [0, 0.05) is 11.3 Å². The number of hydrogen-bond donors (Lipinski definition) is 3. The lowest BCUT2D eigenvalue weighted by Gasteiger charge is -2.25. The molecule has 15 heavy (non-hydrogen) atoms. The van der Waals surface area contributed by atoms with Crippen molar-refractivity contribution in [3.05, 3.63) is 21.3 Å². The molecule has 4 N–H and O–H groups in total. The van der Waals surface area contributed by atoms with Gasteiger partial charge in [-0.25, -0.2) is 0 Å². The van der Waals surface area contributed by atoms with Gasteiger partial charge in [0.2, 0.25) is 0 Å². The van der Waals surface area contributed by atoms with Gasteiger partial charge >= 0.3 is 5.97 Å². The number of carboxylic acids is 1. The molecule has 0 aliphatic heterocycles. The summed E-state index contributed by atoms with van der Waals surface area (Å²) in [6.45, 7) is -0.295. The first-order valence-electron chi connectivity index (χ1n) is 4.35. The number of carbonyl (C=O) groups is 1. The second-order valence-electron chi connectivity index (χ2n) is 3.31. The molecule has 0 aromatic carbocycles. The molecule has 1 aromatic rings. The largest absolute Gasteiger partial charge is 0.481 e. The van der Waals surface area contributed by atoms with Crippen LogP contribution in [0.25, 0.3) is 0 Å². The van der Waals surface area contributed by atoms with Gasteiger partial charge in [-0.15, -0.1) is 11.3 Å². The van der Waals surface area contributed by atoms with Gasteiger partial charge in [0.25, 0.3) is 0 Å². The molecule has 0 aliphatic carbocycles. The van der Waals surface area contributed by atoms with E-state index < -0.39 is 11.5 Å². The minimum absolute atomic E-state index is 0.0768. The summed E-state index contributed by atoms with van der Waals surface area (Å²) >= 11 is 7.01. The maximum absolute atomic E-state index is 10.4. The van der Waals surface area contributed by atoms with Crippen molar-refractivity contribution in [3.8, 4) is 0 Å². The van der Waals surface area contributed by atoms with Crippen LogP contribution in [-0.2, 0) is 10.3 Å². The van der Waals surface area contributed by atoms with Crippen LogP contribution in [0.15, 0.2) is 12.1 Å². The summed E-state index contributed by atoms with van der Waals surface area (Å²) in [5.74, 6) is -0.930. The fraction of sp³-hybridized carbons (Fsp3) is 0.444. The molecule has 1 rings (SSSR count). The van der Waals surface area contributed by atoms with Crippen molar-refractivity contribution >= 4 is 28.9 Å². The topological polar surface area (TPSA) is 83.5 Å². The van der Waals surface area contributed by atoms with E-state index in [0.717, 1.165) is 0 Å². The average Bonchev–Trinajstić information content (AvgIpc) is 2.62. The van der Waals surface area contributed by atoms with E-state index in [1.54, 1.807) is 12.1 Å². The average molecular weight is 250 g/mol. The number of carboxylic acid groups (broad SMARTS) is 1. The first kappa shape index (κ1) is 12.4. The van der Waals surface area contributed by atoms with E-state index >= 15 is 0 Å². The first-order chi connectivity index (χ1) is 6.98. The monoisotopic (exact) mass is 249 g/mol. The molecule has 0 saturated heterocycles. The Morgan fingerprint density at radius 2 is 2.27 bits per heavy atom. The fourth-order valence-corrected chi connectivity index (χ4v) is 2.36. The van der Waals surface area contributed by atoms with Gasteiger partial charge in [-0.1, -0.05) is 11.6 Å². The molecule has 0 saturated carbocycles. The molecule has 0 unspecified atom stereocenters. The van der Waals surface area contributed by atoms with Crippen LogP contribution in [0.4, 0.5) is 0 Å². The molecule has 0 radical (unpaired) electrons. The Hall–Kier alpha value is -0.620. The van der Waals surface area contributed by atoms with Gasteiger partial charge in [0.05, 0.1) is 16.5 Å². The third kappa shape index (κ3) is 3.17. The Bertz CT molecular complexity index is 355. The standard InChI is InChI=1S/C9H12ClNO3S/c10-7-2-1-6(15-7)9(11,5-12)4-3-8(13)14/h1-2,12H,3-5,11H2,(H,13,14)/t9-/m1/s1. The number of halogens is 1. The molecule has 0 aliphatic rings. The van der Waals surface area contributed by atoms with Crippen LogP contribution < -0.4 is 5.73 Å². The maximum Gasteiger partial charge on any atom is 0.303 e. The quantitative estimate of drug-likeness (QED) is 0.737. The number of thiophene rings is 1. The number of hydrogen-bond acceptors (Lipinski definition) is 4. The van der Waals surface area contributed by atoms with E-state index in [1.807, 2.05) is 0 Å². The Morgan fingerprint density at radius 3 is 2.67 bits per heavy atom. The summed E-state index contributed by atoms with van der Waals surface area (Å²) in [5, 5.41) is 17.8. The lowest BCUT2D eigenvalue weighted by atomic mass is 9.94. The molecule has 0 spiro atoms. The van der Waals surface area contributed by atoms with Gasteiger partial charge in [0.15, 0.2) is 0 Å². The van der Waals surface area contributed by atoms with Crippen molar-refractivity contribution in [1.82, 2.24) is 0 Å². The van der Waals surface area contributed by atoms with Crippen LogP contribution in [0, 0.1) is 0 Å². The highest BCUT2D eigenvalue weighted by Gasteiger charge is 2.28. The molecule has 0 amide bonds. The van der Waals surface area contributed by atoms with Crippen LogP contribution in [0.2, 0.25) is 4.34 Å². The molecule has 84 valence electrons. The SMILES string of the molecule is N[C@@](CO)(CCC(=O)O)c1ccc(Cl)s1. The summed E-state index contributed by atoms with van der Waals surface area (Å²) < 4.78 is 0.573. The smallest absolute Gasteiger partial charge is 0.303 e. The third-order valence-corrected chi connectivity index (χ3v) is 3.58. The van der Waals surface area contributed by atoms with Crippen LogP contribution in [0.3, 0.4) is 0 Å². The number of aliphatic carboxylic acids is 1. The number of rotatable bonds is 5.